The van der Waals surface area contributed by atoms with Crippen LogP contribution in [0.1, 0.15) is 11.5 Å². The van der Waals surface area contributed by atoms with Crippen molar-refractivity contribution >= 4 is 22.4 Å². The zero-order valence-electron chi connectivity index (χ0n) is 15.5. The third-order valence-electron chi connectivity index (χ3n) is 4.82. The molecule has 0 radical (unpaired) electrons. The third-order valence-corrected chi connectivity index (χ3v) is 4.82. The highest BCUT2D eigenvalue weighted by molar-refractivity contribution is 5.91. The number of piperazine rings is 1. The van der Waals surface area contributed by atoms with Crippen LogP contribution in [0.2, 0.25) is 0 Å². The second-order valence-corrected chi connectivity index (χ2v) is 6.99. The summed E-state index contributed by atoms with van der Waals surface area (Å²) >= 11 is 0. The van der Waals surface area contributed by atoms with E-state index in [1.54, 1.807) is 6.33 Å². The van der Waals surface area contributed by atoms with Gasteiger partial charge in [0.25, 0.3) is 0 Å². The van der Waals surface area contributed by atoms with Crippen LogP contribution in [0.15, 0.2) is 35.1 Å². The summed E-state index contributed by atoms with van der Waals surface area (Å²) < 4.78 is 5.34. The summed E-state index contributed by atoms with van der Waals surface area (Å²) in [5.41, 5.74) is 3.14. The molecule has 1 aromatic carbocycles. The summed E-state index contributed by atoms with van der Waals surface area (Å²) in [7, 11) is 4.02. The quantitative estimate of drug-likeness (QED) is 0.714. The molecule has 0 spiro atoms. The molecule has 0 aliphatic carbocycles. The highest BCUT2D eigenvalue weighted by Crippen LogP contribution is 2.27. The van der Waals surface area contributed by atoms with Crippen molar-refractivity contribution in [1.29, 1.82) is 0 Å². The summed E-state index contributed by atoms with van der Waals surface area (Å²) in [5, 5.41) is 5.06. The Morgan fingerprint density at radius 3 is 2.58 bits per heavy atom. The molecule has 2 aromatic heterocycles. The second kappa shape index (κ2) is 6.92. The first-order chi connectivity index (χ1) is 12.6. The van der Waals surface area contributed by atoms with Crippen LogP contribution in [0.4, 0.5) is 11.5 Å². The summed E-state index contributed by atoms with van der Waals surface area (Å²) in [5.74, 6) is 1.89. The monoisotopic (exact) mass is 352 g/mol. The molecule has 1 aliphatic rings. The smallest absolute Gasteiger partial charge is 0.150 e. The Bertz CT molecular complexity index is 898. The molecule has 26 heavy (non-hydrogen) atoms. The molecule has 0 amide bonds. The van der Waals surface area contributed by atoms with Crippen molar-refractivity contribution in [3.05, 3.63) is 42.0 Å². The van der Waals surface area contributed by atoms with Gasteiger partial charge in [-0.25, -0.2) is 9.97 Å². The van der Waals surface area contributed by atoms with Crippen LogP contribution < -0.4 is 9.80 Å². The van der Waals surface area contributed by atoms with E-state index >= 15 is 0 Å². The van der Waals surface area contributed by atoms with Gasteiger partial charge in [0.15, 0.2) is 5.76 Å². The van der Waals surface area contributed by atoms with E-state index in [4.69, 9.17) is 4.52 Å². The minimum atomic E-state index is 0.824. The minimum absolute atomic E-state index is 0.824. The number of fused-ring (bicyclic) bond motifs is 1. The number of nitrogens with zero attached hydrogens (tertiary/aromatic N) is 6. The van der Waals surface area contributed by atoms with Gasteiger partial charge in [-0.3, -0.25) is 4.90 Å². The predicted octanol–water partition coefficient (Wildman–Crippen LogP) is 2.31. The fourth-order valence-electron chi connectivity index (χ4n) is 3.46. The molecule has 0 unspecified atom stereocenters. The van der Waals surface area contributed by atoms with E-state index in [9.17, 15) is 0 Å². The molecular formula is C19H24N6O. The predicted molar refractivity (Wildman–Crippen MR) is 103 cm³/mol. The number of hydrogen-bond donors (Lipinski definition) is 0. The largest absolute Gasteiger partial charge is 0.369 e. The van der Waals surface area contributed by atoms with Crippen LogP contribution in [-0.2, 0) is 6.54 Å². The van der Waals surface area contributed by atoms with Gasteiger partial charge in [-0.15, -0.1) is 0 Å². The van der Waals surface area contributed by atoms with Crippen molar-refractivity contribution in [2.45, 2.75) is 13.5 Å². The molecule has 7 nitrogen and oxygen atoms in total. The maximum atomic E-state index is 5.34. The number of aryl methyl sites for hydroxylation is 1. The van der Waals surface area contributed by atoms with Gasteiger partial charge in [-0.05, 0) is 25.1 Å². The third kappa shape index (κ3) is 3.35. The lowest BCUT2D eigenvalue weighted by molar-refractivity contribution is 0.219. The van der Waals surface area contributed by atoms with Crippen LogP contribution in [-0.4, -0.2) is 60.3 Å². The molecule has 3 aromatic rings. The van der Waals surface area contributed by atoms with E-state index in [1.165, 1.54) is 5.69 Å². The first kappa shape index (κ1) is 16.8. The van der Waals surface area contributed by atoms with E-state index in [0.29, 0.717) is 0 Å². The van der Waals surface area contributed by atoms with Crippen molar-refractivity contribution < 1.29 is 4.52 Å². The van der Waals surface area contributed by atoms with E-state index < -0.39 is 0 Å². The van der Waals surface area contributed by atoms with Gasteiger partial charge in [-0.2, -0.15) is 0 Å². The normalized spacial score (nSPS) is 15.6. The SMILES string of the molecule is Cc1cc(CN2CCN(c3ccc4ncnc(N(C)C)c4c3)CC2)on1. The number of hydrogen-bond acceptors (Lipinski definition) is 7. The molecule has 0 atom stereocenters. The maximum absolute atomic E-state index is 5.34. The fourth-order valence-corrected chi connectivity index (χ4v) is 3.46. The molecule has 1 aliphatic heterocycles. The molecule has 7 heteroatoms. The average molecular weight is 352 g/mol. The molecule has 136 valence electrons. The Balaban J connectivity index is 1.48. The Labute approximate surface area is 153 Å². The molecule has 0 N–H and O–H groups in total. The van der Waals surface area contributed by atoms with Crippen LogP contribution in [0, 0.1) is 6.92 Å². The van der Waals surface area contributed by atoms with Crippen molar-refractivity contribution in [2.24, 2.45) is 0 Å². The van der Waals surface area contributed by atoms with Gasteiger partial charge in [0.05, 0.1) is 17.8 Å². The van der Waals surface area contributed by atoms with Crippen LogP contribution in [0.3, 0.4) is 0 Å². The van der Waals surface area contributed by atoms with Crippen LogP contribution in [0.5, 0.6) is 0 Å². The number of anilines is 2. The van der Waals surface area contributed by atoms with E-state index in [1.807, 2.05) is 32.0 Å². The average Bonchev–Trinajstić information content (AvgIpc) is 3.06. The van der Waals surface area contributed by atoms with Crippen molar-refractivity contribution in [2.75, 3.05) is 50.1 Å². The van der Waals surface area contributed by atoms with Crippen molar-refractivity contribution in [3.63, 3.8) is 0 Å². The Kier molecular flexibility index (Phi) is 4.46. The van der Waals surface area contributed by atoms with Gasteiger partial charge >= 0.3 is 0 Å². The Morgan fingerprint density at radius 1 is 1.08 bits per heavy atom. The Hall–Kier alpha value is -2.67. The molecular weight excluding hydrogens is 328 g/mol. The summed E-state index contributed by atoms with van der Waals surface area (Å²) in [4.78, 5) is 15.7. The van der Waals surface area contributed by atoms with E-state index in [-0.39, 0.29) is 0 Å². The van der Waals surface area contributed by atoms with Crippen molar-refractivity contribution in [1.82, 2.24) is 20.0 Å². The standard InChI is InChI=1S/C19H24N6O/c1-14-10-16(26-22-14)12-24-6-8-25(9-7-24)15-4-5-18-17(11-15)19(23(2)3)21-13-20-18/h4-5,10-11,13H,6-9,12H2,1-3H3. The van der Waals surface area contributed by atoms with Gasteiger partial charge < -0.3 is 14.3 Å². The number of rotatable bonds is 4. The van der Waals surface area contributed by atoms with Crippen LogP contribution >= 0.6 is 0 Å². The number of benzene rings is 1. The lowest BCUT2D eigenvalue weighted by Gasteiger charge is -2.35. The molecule has 0 saturated carbocycles. The second-order valence-electron chi connectivity index (χ2n) is 6.99. The minimum Gasteiger partial charge on any atom is -0.369 e. The van der Waals surface area contributed by atoms with Crippen molar-refractivity contribution in [3.8, 4) is 0 Å². The summed E-state index contributed by atoms with van der Waals surface area (Å²) in [6.07, 6.45) is 1.63. The fraction of sp³-hybridized carbons (Fsp3) is 0.421. The molecule has 1 saturated heterocycles. The van der Waals surface area contributed by atoms with E-state index in [0.717, 1.165) is 60.9 Å². The molecule has 1 fully saturated rings. The van der Waals surface area contributed by atoms with Gasteiger partial charge in [0, 0.05) is 57.4 Å². The highest BCUT2D eigenvalue weighted by atomic mass is 16.5. The summed E-state index contributed by atoms with van der Waals surface area (Å²) in [6.45, 7) is 6.77. The van der Waals surface area contributed by atoms with Gasteiger partial charge in [-0.1, -0.05) is 5.16 Å². The van der Waals surface area contributed by atoms with Gasteiger partial charge in [0.2, 0.25) is 0 Å². The number of aromatic nitrogens is 3. The zero-order chi connectivity index (χ0) is 18.1. The zero-order valence-corrected chi connectivity index (χ0v) is 15.5. The van der Waals surface area contributed by atoms with Gasteiger partial charge in [0.1, 0.15) is 12.1 Å². The summed E-state index contributed by atoms with van der Waals surface area (Å²) in [6, 6.07) is 8.46. The topological polar surface area (TPSA) is 61.5 Å². The molecule has 4 rings (SSSR count). The highest BCUT2D eigenvalue weighted by Gasteiger charge is 2.19. The Morgan fingerprint density at radius 2 is 1.88 bits per heavy atom. The first-order valence-electron chi connectivity index (χ1n) is 8.92. The van der Waals surface area contributed by atoms with E-state index in [2.05, 4.69) is 43.1 Å². The van der Waals surface area contributed by atoms with Crippen LogP contribution in [0.25, 0.3) is 10.9 Å². The lowest BCUT2D eigenvalue weighted by atomic mass is 10.1. The maximum Gasteiger partial charge on any atom is 0.150 e. The molecule has 3 heterocycles. The lowest BCUT2D eigenvalue weighted by Crippen LogP contribution is -2.45. The molecule has 0 bridgehead atoms. The first-order valence-corrected chi connectivity index (χ1v) is 8.92.